The zero-order valence-electron chi connectivity index (χ0n) is 20.3. The maximum atomic E-state index is 12.3. The van der Waals surface area contributed by atoms with E-state index < -0.39 is 21.0 Å². The molecule has 12 nitrogen and oxygen atoms in total. The van der Waals surface area contributed by atoms with Crippen LogP contribution in [0.15, 0.2) is 61.2 Å². The molecule has 4 rings (SSSR count). The Kier molecular flexibility index (Phi) is 7.82. The molecule has 1 aliphatic heterocycles. The minimum atomic E-state index is -3.45. The maximum absolute atomic E-state index is 12.3. The molecule has 0 fully saturated rings. The predicted molar refractivity (Wildman–Crippen MR) is 141 cm³/mol. The van der Waals surface area contributed by atoms with Gasteiger partial charge >= 0.3 is 10.6 Å². The molecule has 196 valence electrons. The number of benzene rings is 1. The third-order valence-corrected chi connectivity index (χ3v) is 8.62. The number of aryl methyl sites for hydroxylation is 1. The van der Waals surface area contributed by atoms with Crippen LogP contribution in [0.1, 0.15) is 26.2 Å². The van der Waals surface area contributed by atoms with E-state index in [9.17, 15) is 19.8 Å². The average Bonchev–Trinajstić information content (AvgIpc) is 3.52. The number of pyridine rings is 1. The van der Waals surface area contributed by atoms with Crippen LogP contribution in [0.3, 0.4) is 0 Å². The average molecular weight is 528 g/mol. The molecule has 0 radical (unpaired) electrons. The van der Waals surface area contributed by atoms with Crippen LogP contribution >= 0.6 is 10.4 Å². The molecule has 2 aromatic heterocycles. The number of carbonyl (C=O) groups is 2. The van der Waals surface area contributed by atoms with E-state index in [0.717, 1.165) is 29.8 Å². The van der Waals surface area contributed by atoms with Crippen molar-refractivity contribution in [3.8, 4) is 17.0 Å². The number of rotatable bonds is 10. The van der Waals surface area contributed by atoms with Crippen molar-refractivity contribution in [3.63, 3.8) is 0 Å². The summed E-state index contributed by atoms with van der Waals surface area (Å²) in [6, 6.07) is 10.6. The van der Waals surface area contributed by atoms with Crippen LogP contribution in [0.5, 0.6) is 5.75 Å². The second-order valence-electron chi connectivity index (χ2n) is 8.14. The molecule has 3 heterocycles. The molecule has 0 aliphatic carbocycles. The zero-order valence-corrected chi connectivity index (χ0v) is 21.1. The first kappa shape index (κ1) is 25.8. The Morgan fingerprint density at radius 3 is 2.46 bits per heavy atom. The first-order valence-electron chi connectivity index (χ1n) is 11.7. The van der Waals surface area contributed by atoms with E-state index in [-0.39, 0.29) is 12.4 Å². The van der Waals surface area contributed by atoms with Gasteiger partial charge in [-0.2, -0.15) is 15.0 Å². The molecule has 0 saturated heterocycles. The highest BCUT2D eigenvalue weighted by Crippen LogP contribution is 2.61. The van der Waals surface area contributed by atoms with Gasteiger partial charge in [0.25, 0.3) is 0 Å². The van der Waals surface area contributed by atoms with Crippen LogP contribution in [0.4, 0.5) is 21.1 Å². The number of anilines is 2. The summed E-state index contributed by atoms with van der Waals surface area (Å²) < 4.78 is 8.50. The highest BCUT2D eigenvalue weighted by Gasteiger charge is 2.53. The van der Waals surface area contributed by atoms with Crippen molar-refractivity contribution in [2.75, 3.05) is 23.2 Å². The van der Waals surface area contributed by atoms with E-state index in [1.807, 2.05) is 31.2 Å². The van der Waals surface area contributed by atoms with Gasteiger partial charge in [-0.1, -0.05) is 0 Å². The lowest BCUT2D eigenvalue weighted by Gasteiger charge is -2.42. The smallest absolute Gasteiger partial charge is 0.393 e. The number of nitrogen functional groups attached to an aromatic ring is 1. The van der Waals surface area contributed by atoms with Crippen molar-refractivity contribution in [2.45, 2.75) is 32.7 Å². The molecule has 0 unspecified atom stereocenters. The highest BCUT2D eigenvalue weighted by molar-refractivity contribution is 8.54. The molecular formula is C24H29N7O5S. The van der Waals surface area contributed by atoms with Crippen molar-refractivity contribution < 1.29 is 24.5 Å². The molecule has 0 bridgehead atoms. The lowest BCUT2D eigenvalue weighted by Crippen LogP contribution is -2.39. The minimum absolute atomic E-state index is 0.173. The monoisotopic (exact) mass is 527 g/mol. The molecule has 0 amide bonds. The first-order valence-corrected chi connectivity index (χ1v) is 13.3. The van der Waals surface area contributed by atoms with Gasteiger partial charge in [-0.15, -0.1) is 0 Å². The van der Waals surface area contributed by atoms with Crippen molar-refractivity contribution >= 4 is 32.5 Å². The Balaban J connectivity index is 1.29. The minimum Gasteiger partial charge on any atom is -0.494 e. The van der Waals surface area contributed by atoms with Gasteiger partial charge in [0.05, 0.1) is 25.0 Å². The van der Waals surface area contributed by atoms with Crippen molar-refractivity contribution in [3.05, 3.63) is 61.2 Å². The standard InChI is InChI=1S/C24H29N7O5S/c1-2-31-27-17-21(28-31)18-6-8-20(9-7-18)36-15-5-3-4-12-29-13-14-30(19-10-11-26-22(25)16-19)37(29,23(32)33)24(34)35/h6-11,13-14,16-17H,2-5,12,15H2,1H3,(H2,25,26)(H,32,33)(H,34,35). The lowest BCUT2D eigenvalue weighted by molar-refractivity contribution is 0.213. The van der Waals surface area contributed by atoms with E-state index in [2.05, 4.69) is 15.2 Å². The number of nitrogens with zero attached hydrogens (tertiary/aromatic N) is 6. The van der Waals surface area contributed by atoms with Gasteiger partial charge in [0.1, 0.15) is 27.7 Å². The van der Waals surface area contributed by atoms with Crippen LogP contribution in [-0.4, -0.2) is 58.3 Å². The number of hydrogen-bond donors (Lipinski definition) is 3. The van der Waals surface area contributed by atoms with Gasteiger partial charge in [-0.3, -0.25) is 4.31 Å². The third kappa shape index (κ3) is 5.31. The molecule has 0 atom stereocenters. The molecule has 3 aromatic rings. The largest absolute Gasteiger partial charge is 0.494 e. The van der Waals surface area contributed by atoms with Gasteiger partial charge in [0.15, 0.2) is 0 Å². The van der Waals surface area contributed by atoms with Crippen LogP contribution in [-0.2, 0) is 6.54 Å². The quantitative estimate of drug-likeness (QED) is 0.311. The number of carboxylic acid groups (broad SMARTS) is 2. The Labute approximate surface area is 215 Å². The molecule has 37 heavy (non-hydrogen) atoms. The highest BCUT2D eigenvalue weighted by atomic mass is 32.3. The fraction of sp³-hybridized carbons (Fsp3) is 0.292. The number of nitrogens with two attached hydrogens (primary N) is 1. The summed E-state index contributed by atoms with van der Waals surface area (Å²) in [7, 11) is -3.45. The van der Waals surface area contributed by atoms with E-state index in [4.69, 9.17) is 10.5 Å². The summed E-state index contributed by atoms with van der Waals surface area (Å²) in [5.74, 6) is 0.911. The number of unbranched alkanes of at least 4 members (excludes halogenated alkanes) is 2. The normalized spacial score (nSPS) is 15.1. The molecular weight excluding hydrogens is 498 g/mol. The van der Waals surface area contributed by atoms with Crippen molar-refractivity contribution in [2.24, 2.45) is 0 Å². The zero-order chi connectivity index (χ0) is 26.4. The third-order valence-electron chi connectivity index (χ3n) is 5.76. The summed E-state index contributed by atoms with van der Waals surface area (Å²) in [4.78, 5) is 30.2. The second-order valence-corrected chi connectivity index (χ2v) is 10.8. The Morgan fingerprint density at radius 2 is 1.81 bits per heavy atom. The molecule has 1 aromatic carbocycles. The van der Waals surface area contributed by atoms with E-state index >= 15 is 0 Å². The molecule has 4 N–H and O–H groups in total. The number of hydrogen-bond acceptors (Lipinski definition) is 9. The fourth-order valence-corrected chi connectivity index (χ4v) is 6.31. The second kappa shape index (κ2) is 11.2. The Bertz CT molecular complexity index is 1270. The SMILES string of the molecule is CCn1ncc(-c2ccc(OCCCCCN3C=CN(c4ccnc(N)c4)S3(C(=O)O)C(=O)O)cc2)n1. The van der Waals surface area contributed by atoms with Crippen molar-refractivity contribution in [1.29, 1.82) is 0 Å². The van der Waals surface area contributed by atoms with E-state index in [1.54, 1.807) is 11.0 Å². The van der Waals surface area contributed by atoms with Gasteiger partial charge in [0, 0.05) is 36.8 Å². The van der Waals surface area contributed by atoms with Crippen molar-refractivity contribution in [1.82, 2.24) is 24.3 Å². The summed E-state index contributed by atoms with van der Waals surface area (Å²) in [6.07, 6.45) is 8.21. The topological polar surface area (TPSA) is 160 Å². The first-order chi connectivity index (χ1) is 17.9. The van der Waals surface area contributed by atoms with Crippen LogP contribution in [0.25, 0.3) is 11.3 Å². The van der Waals surface area contributed by atoms with Crippen LogP contribution in [0, 0.1) is 0 Å². The number of aromatic nitrogens is 4. The van der Waals surface area contributed by atoms with Crippen LogP contribution < -0.4 is 14.8 Å². The molecule has 1 aliphatic rings. The number of ether oxygens (including phenoxy) is 1. The summed E-state index contributed by atoms with van der Waals surface area (Å²) in [5, 5.41) is 25.8. The van der Waals surface area contributed by atoms with E-state index in [1.165, 1.54) is 39.3 Å². The molecule has 0 saturated carbocycles. The predicted octanol–water partition coefficient (Wildman–Crippen LogP) is 4.78. The summed E-state index contributed by atoms with van der Waals surface area (Å²) in [5.41, 5.74) is 7.85. The summed E-state index contributed by atoms with van der Waals surface area (Å²) in [6.45, 7) is 3.45. The molecule has 0 spiro atoms. The maximum Gasteiger partial charge on any atom is 0.393 e. The van der Waals surface area contributed by atoms with Gasteiger partial charge in [-0.25, -0.2) is 14.6 Å². The van der Waals surface area contributed by atoms with Crippen LogP contribution in [0.2, 0.25) is 0 Å². The lowest BCUT2D eigenvalue weighted by atomic mass is 10.2. The fourth-order valence-electron chi connectivity index (χ4n) is 3.93. The van der Waals surface area contributed by atoms with Gasteiger partial charge in [-0.05, 0) is 56.5 Å². The van der Waals surface area contributed by atoms with Gasteiger partial charge in [0.2, 0.25) is 0 Å². The molecule has 13 heteroatoms. The van der Waals surface area contributed by atoms with Gasteiger partial charge < -0.3 is 25.0 Å². The Hall–Kier alpha value is -4.26. The Morgan fingerprint density at radius 1 is 1.05 bits per heavy atom. The summed E-state index contributed by atoms with van der Waals surface area (Å²) >= 11 is 0. The van der Waals surface area contributed by atoms with E-state index in [0.29, 0.717) is 25.3 Å².